The van der Waals surface area contributed by atoms with Crippen molar-refractivity contribution in [2.24, 2.45) is 0 Å². The van der Waals surface area contributed by atoms with Gasteiger partial charge in [0.15, 0.2) is 5.16 Å². The van der Waals surface area contributed by atoms with Gasteiger partial charge in [0.1, 0.15) is 23.4 Å². The molecule has 0 N–H and O–H groups in total. The van der Waals surface area contributed by atoms with Gasteiger partial charge in [-0.1, -0.05) is 70.8 Å². The highest BCUT2D eigenvalue weighted by atomic mass is 35.5. The van der Waals surface area contributed by atoms with E-state index in [1.165, 1.54) is 11.8 Å². The summed E-state index contributed by atoms with van der Waals surface area (Å²) in [6.07, 6.45) is 0. The molecule has 36 heavy (non-hydrogen) atoms. The minimum absolute atomic E-state index is 0.195. The lowest BCUT2D eigenvalue weighted by atomic mass is 10.1. The molecule has 1 aromatic heterocycles. The number of thioether (sulfide) groups is 1. The Balaban J connectivity index is 1.58. The normalized spacial score (nSPS) is 11.9. The van der Waals surface area contributed by atoms with E-state index in [4.69, 9.17) is 39.5 Å². The fourth-order valence-corrected chi connectivity index (χ4v) is 5.46. The van der Waals surface area contributed by atoms with Gasteiger partial charge in [0, 0.05) is 26.2 Å². The van der Waals surface area contributed by atoms with Crippen LogP contribution in [0.4, 0.5) is 0 Å². The van der Waals surface area contributed by atoms with Crippen molar-refractivity contribution < 1.29 is 9.66 Å². The van der Waals surface area contributed by atoms with Gasteiger partial charge < -0.3 is 4.74 Å². The molecule has 0 spiro atoms. The van der Waals surface area contributed by atoms with Gasteiger partial charge in [0.05, 0.1) is 5.02 Å². The van der Waals surface area contributed by atoms with Gasteiger partial charge in [0.2, 0.25) is 6.54 Å². The molecule has 0 saturated carbocycles. The summed E-state index contributed by atoms with van der Waals surface area (Å²) in [5.41, 5.74) is 3.41. The highest BCUT2D eigenvalue weighted by Crippen LogP contribution is 2.39. The van der Waals surface area contributed by atoms with E-state index in [2.05, 4.69) is 10.2 Å². The molecule has 0 radical (unpaired) electrons. The van der Waals surface area contributed by atoms with Gasteiger partial charge in [-0.05, 0) is 61.4 Å². The second kappa shape index (κ2) is 11.5. The van der Waals surface area contributed by atoms with Crippen LogP contribution >= 0.6 is 46.6 Å². The summed E-state index contributed by atoms with van der Waals surface area (Å²) in [4.78, 5) is 11.2. The first-order valence-electron chi connectivity index (χ1n) is 10.8. The van der Waals surface area contributed by atoms with Crippen molar-refractivity contribution >= 4 is 46.6 Å². The number of halogens is 3. The maximum Gasteiger partial charge on any atom is 0.220 e. The van der Waals surface area contributed by atoms with Crippen LogP contribution in [0.5, 0.6) is 5.75 Å². The Labute approximate surface area is 227 Å². The van der Waals surface area contributed by atoms with Crippen LogP contribution in [0.2, 0.25) is 15.1 Å². The lowest BCUT2D eigenvalue weighted by molar-refractivity contribution is -0.479. The first-order valence-corrected chi connectivity index (χ1v) is 12.9. The molecule has 4 aromatic rings. The van der Waals surface area contributed by atoms with Crippen molar-refractivity contribution in [3.63, 3.8) is 0 Å². The Bertz CT molecular complexity index is 1410. The molecule has 0 aliphatic rings. The Morgan fingerprint density at radius 3 is 2.53 bits per heavy atom. The van der Waals surface area contributed by atoms with E-state index in [1.54, 1.807) is 36.4 Å². The molecule has 0 aliphatic heterocycles. The fourth-order valence-electron chi connectivity index (χ4n) is 3.59. The number of rotatable bonds is 9. The number of aryl methyl sites for hydroxylation is 2. The summed E-state index contributed by atoms with van der Waals surface area (Å²) in [5.74, 6) is 1.13. The number of ether oxygens (including phenoxy) is 1. The summed E-state index contributed by atoms with van der Waals surface area (Å²) in [7, 11) is 0. The first-order chi connectivity index (χ1) is 17.2. The molecular formula is C25H21Cl3N4O3S. The fraction of sp³-hybridized carbons (Fsp3) is 0.200. The SMILES string of the molecule is Cc1cccc(-n2c(C)nnc2S[C@H](C[N+](=O)[O-])c2ccc(OCc3ccc(Cl)cc3Cl)c(Cl)c2)c1. The highest BCUT2D eigenvalue weighted by Gasteiger charge is 2.24. The first kappa shape index (κ1) is 26.3. The summed E-state index contributed by atoms with van der Waals surface area (Å²) >= 11 is 19.9. The van der Waals surface area contributed by atoms with Crippen LogP contribution in [0.1, 0.15) is 27.8 Å². The minimum Gasteiger partial charge on any atom is -0.487 e. The maximum absolute atomic E-state index is 11.5. The molecule has 0 unspecified atom stereocenters. The minimum atomic E-state index is -0.551. The third kappa shape index (κ3) is 6.31. The standard InChI is InChI=1S/C25H21Cl3N4O3S/c1-15-4-3-5-20(10-15)32-16(2)29-30-25(32)36-24(13-31(33)34)17-7-9-23(22(28)11-17)35-14-18-6-8-19(26)12-21(18)27/h3-12,24H,13-14H2,1-2H3/t24-/m1/s1. The Hall–Kier alpha value is -2.78. The summed E-state index contributed by atoms with van der Waals surface area (Å²) in [6, 6.07) is 18.2. The molecule has 0 fully saturated rings. The van der Waals surface area contributed by atoms with E-state index in [1.807, 2.05) is 42.7 Å². The van der Waals surface area contributed by atoms with E-state index < -0.39 is 5.25 Å². The zero-order valence-electron chi connectivity index (χ0n) is 19.3. The molecule has 7 nitrogen and oxygen atoms in total. The van der Waals surface area contributed by atoms with Crippen LogP contribution in [-0.4, -0.2) is 26.2 Å². The van der Waals surface area contributed by atoms with E-state index in [-0.39, 0.29) is 18.1 Å². The number of nitrogens with zero attached hydrogens (tertiary/aromatic N) is 4. The lowest BCUT2D eigenvalue weighted by Gasteiger charge is -2.16. The number of hydrogen-bond acceptors (Lipinski definition) is 6. The Morgan fingerprint density at radius 2 is 1.83 bits per heavy atom. The Morgan fingerprint density at radius 1 is 1.03 bits per heavy atom. The predicted octanol–water partition coefficient (Wildman–Crippen LogP) is 7.53. The smallest absolute Gasteiger partial charge is 0.220 e. The molecule has 1 heterocycles. The average molecular weight is 564 g/mol. The predicted molar refractivity (Wildman–Crippen MR) is 144 cm³/mol. The van der Waals surface area contributed by atoms with Gasteiger partial charge in [-0.15, -0.1) is 10.2 Å². The molecule has 186 valence electrons. The van der Waals surface area contributed by atoms with E-state index in [9.17, 15) is 10.1 Å². The van der Waals surface area contributed by atoms with Crippen LogP contribution < -0.4 is 4.74 Å². The van der Waals surface area contributed by atoms with Gasteiger partial charge in [0.25, 0.3) is 0 Å². The number of hydrogen-bond donors (Lipinski definition) is 0. The van der Waals surface area contributed by atoms with Gasteiger partial charge in [-0.25, -0.2) is 0 Å². The quantitative estimate of drug-likeness (QED) is 0.119. The van der Waals surface area contributed by atoms with Crippen molar-refractivity contribution in [1.82, 2.24) is 14.8 Å². The third-order valence-electron chi connectivity index (χ3n) is 5.34. The third-order valence-corrected chi connectivity index (χ3v) is 7.41. The van der Waals surface area contributed by atoms with Crippen LogP contribution in [0.25, 0.3) is 5.69 Å². The van der Waals surface area contributed by atoms with Crippen LogP contribution in [-0.2, 0) is 6.61 Å². The van der Waals surface area contributed by atoms with Gasteiger partial charge >= 0.3 is 0 Å². The molecule has 0 aliphatic carbocycles. The zero-order chi connectivity index (χ0) is 25.8. The van der Waals surface area contributed by atoms with Gasteiger partial charge in [-0.2, -0.15) is 0 Å². The van der Waals surface area contributed by atoms with E-state index in [0.29, 0.717) is 37.4 Å². The zero-order valence-corrected chi connectivity index (χ0v) is 22.4. The number of nitro groups is 1. The summed E-state index contributed by atoms with van der Waals surface area (Å²) < 4.78 is 7.73. The Kier molecular flexibility index (Phi) is 8.41. The largest absolute Gasteiger partial charge is 0.487 e. The van der Waals surface area contributed by atoms with Crippen molar-refractivity contribution in [3.8, 4) is 11.4 Å². The molecular weight excluding hydrogens is 543 g/mol. The summed E-state index contributed by atoms with van der Waals surface area (Å²) in [5, 5.41) is 21.4. The van der Waals surface area contributed by atoms with E-state index >= 15 is 0 Å². The molecule has 4 rings (SSSR count). The lowest BCUT2D eigenvalue weighted by Crippen LogP contribution is -2.11. The topological polar surface area (TPSA) is 83.1 Å². The number of aromatic nitrogens is 3. The highest BCUT2D eigenvalue weighted by molar-refractivity contribution is 7.99. The van der Waals surface area contributed by atoms with Crippen LogP contribution in [0, 0.1) is 24.0 Å². The molecule has 1 atom stereocenters. The molecule has 0 amide bonds. The molecule has 0 saturated heterocycles. The molecule has 3 aromatic carbocycles. The van der Waals surface area contributed by atoms with Crippen molar-refractivity contribution in [3.05, 3.63) is 108 Å². The molecule has 0 bridgehead atoms. The van der Waals surface area contributed by atoms with Crippen LogP contribution in [0.15, 0.2) is 65.8 Å². The monoisotopic (exact) mass is 562 g/mol. The second-order valence-corrected chi connectivity index (χ2v) is 10.5. The van der Waals surface area contributed by atoms with Crippen molar-refractivity contribution in [2.75, 3.05) is 6.54 Å². The van der Waals surface area contributed by atoms with Crippen molar-refractivity contribution in [1.29, 1.82) is 0 Å². The van der Waals surface area contributed by atoms with Crippen molar-refractivity contribution in [2.45, 2.75) is 30.9 Å². The van der Waals surface area contributed by atoms with E-state index in [0.717, 1.165) is 16.8 Å². The average Bonchev–Trinajstić information content (AvgIpc) is 3.18. The molecule has 11 heteroatoms. The number of benzene rings is 3. The second-order valence-electron chi connectivity index (χ2n) is 8.04. The maximum atomic E-state index is 11.5. The van der Waals surface area contributed by atoms with Crippen LogP contribution in [0.3, 0.4) is 0 Å². The summed E-state index contributed by atoms with van der Waals surface area (Å²) in [6.45, 7) is 3.72. The van der Waals surface area contributed by atoms with Gasteiger partial charge in [-0.3, -0.25) is 14.7 Å².